The Hall–Kier alpha value is -3.17. The van der Waals surface area contributed by atoms with Crippen molar-refractivity contribution in [3.63, 3.8) is 0 Å². The average Bonchev–Trinajstić information content (AvgIpc) is 2.98. The second-order valence-electron chi connectivity index (χ2n) is 7.23. The molecule has 0 fully saturated rings. The summed E-state index contributed by atoms with van der Waals surface area (Å²) in [6.07, 6.45) is 0.418. The van der Waals surface area contributed by atoms with Crippen LogP contribution in [0, 0.1) is 6.92 Å². The van der Waals surface area contributed by atoms with E-state index in [1.54, 1.807) is 36.9 Å². The molecule has 31 heavy (non-hydrogen) atoms. The van der Waals surface area contributed by atoms with Gasteiger partial charge in [-0.05, 0) is 37.6 Å². The second kappa shape index (κ2) is 9.32. The van der Waals surface area contributed by atoms with E-state index in [4.69, 9.17) is 0 Å². The van der Waals surface area contributed by atoms with E-state index in [0.717, 1.165) is 0 Å². The maximum Gasteiger partial charge on any atom is 0.295 e. The highest BCUT2D eigenvalue weighted by Crippen LogP contribution is 2.16. The zero-order chi connectivity index (χ0) is 22.6. The van der Waals surface area contributed by atoms with Gasteiger partial charge in [0.1, 0.15) is 5.69 Å². The van der Waals surface area contributed by atoms with Gasteiger partial charge in [-0.1, -0.05) is 36.4 Å². The zero-order valence-electron chi connectivity index (χ0n) is 17.8. The molecule has 0 aliphatic carbocycles. The van der Waals surface area contributed by atoms with Crippen molar-refractivity contribution in [2.24, 2.45) is 7.05 Å². The maximum absolute atomic E-state index is 12.9. The minimum atomic E-state index is -3.60. The summed E-state index contributed by atoms with van der Waals surface area (Å²) in [5.41, 5.74) is 1.24. The number of sulfonamides is 1. The molecular formula is C22H26N4O4S. The first-order chi connectivity index (χ1) is 14.7. The normalized spacial score (nSPS) is 11.6. The van der Waals surface area contributed by atoms with Gasteiger partial charge in [-0.25, -0.2) is 17.4 Å². The van der Waals surface area contributed by atoms with E-state index in [1.807, 2.05) is 30.3 Å². The molecule has 1 heterocycles. The van der Waals surface area contributed by atoms with Gasteiger partial charge in [-0.2, -0.15) is 0 Å². The topological polar surface area (TPSA) is 93.4 Å². The molecule has 8 nitrogen and oxygen atoms in total. The molecule has 0 spiro atoms. The number of carbonyl (C=O) groups excluding carboxylic acids is 1. The van der Waals surface area contributed by atoms with Gasteiger partial charge < -0.3 is 5.32 Å². The van der Waals surface area contributed by atoms with E-state index in [-0.39, 0.29) is 35.0 Å². The summed E-state index contributed by atoms with van der Waals surface area (Å²) in [5, 5.41) is 2.69. The minimum Gasteiger partial charge on any atom is -0.320 e. The van der Waals surface area contributed by atoms with Crippen LogP contribution in [-0.2, 0) is 21.9 Å². The summed E-state index contributed by atoms with van der Waals surface area (Å²) < 4.78 is 29.5. The predicted octanol–water partition coefficient (Wildman–Crippen LogP) is 2.52. The summed E-state index contributed by atoms with van der Waals surface area (Å²) in [5.74, 6) is -0.337. The fraction of sp³-hybridized carbons (Fsp3) is 0.273. The van der Waals surface area contributed by atoms with E-state index in [9.17, 15) is 18.0 Å². The third kappa shape index (κ3) is 4.78. The Balaban J connectivity index is 1.64. The third-order valence-electron chi connectivity index (χ3n) is 5.15. The quantitative estimate of drug-likeness (QED) is 0.580. The van der Waals surface area contributed by atoms with Crippen LogP contribution in [0.4, 0.5) is 5.69 Å². The molecule has 0 saturated carbocycles. The molecule has 3 aromatic rings. The number of nitrogens with one attached hydrogen (secondary N) is 1. The highest BCUT2D eigenvalue weighted by molar-refractivity contribution is 7.89. The lowest BCUT2D eigenvalue weighted by atomic mass is 10.3. The maximum atomic E-state index is 12.9. The first-order valence-electron chi connectivity index (χ1n) is 9.88. The van der Waals surface area contributed by atoms with Crippen LogP contribution in [0.25, 0.3) is 5.69 Å². The summed E-state index contributed by atoms with van der Waals surface area (Å²) in [6, 6.07) is 17.3. The van der Waals surface area contributed by atoms with Gasteiger partial charge in [0.05, 0.1) is 16.3 Å². The molecule has 1 N–H and O–H groups in total. The molecule has 1 amide bonds. The van der Waals surface area contributed by atoms with Gasteiger partial charge in [0, 0.05) is 27.1 Å². The van der Waals surface area contributed by atoms with Crippen molar-refractivity contribution in [1.29, 1.82) is 0 Å². The van der Waals surface area contributed by atoms with Crippen LogP contribution in [-0.4, -0.2) is 41.6 Å². The van der Waals surface area contributed by atoms with E-state index < -0.39 is 10.0 Å². The third-order valence-corrected chi connectivity index (χ3v) is 7.02. The molecular weight excluding hydrogens is 416 g/mol. The van der Waals surface area contributed by atoms with Gasteiger partial charge in [-0.3, -0.25) is 14.3 Å². The average molecular weight is 443 g/mol. The van der Waals surface area contributed by atoms with Crippen LogP contribution < -0.4 is 10.9 Å². The van der Waals surface area contributed by atoms with Gasteiger partial charge in [-0.15, -0.1) is 0 Å². The highest BCUT2D eigenvalue weighted by atomic mass is 32.2. The Morgan fingerprint density at radius 3 is 2.23 bits per heavy atom. The number of anilines is 1. The molecule has 1 aromatic heterocycles. The van der Waals surface area contributed by atoms with Gasteiger partial charge in [0.2, 0.25) is 15.9 Å². The summed E-state index contributed by atoms with van der Waals surface area (Å²) in [6.45, 7) is 1.95. The first-order valence-corrected chi connectivity index (χ1v) is 11.3. The molecule has 0 bridgehead atoms. The van der Waals surface area contributed by atoms with E-state index in [0.29, 0.717) is 17.8 Å². The Morgan fingerprint density at radius 2 is 1.61 bits per heavy atom. The SMILES string of the molecule is Cc1c(NC(=O)CCCN(C)S(=O)(=O)c2ccccc2)c(=O)n(-c2ccccc2)n1C. The first kappa shape index (κ1) is 22.5. The van der Waals surface area contributed by atoms with Crippen molar-refractivity contribution in [3.05, 3.63) is 76.7 Å². The summed E-state index contributed by atoms with van der Waals surface area (Å²) in [4.78, 5) is 25.5. The molecule has 0 saturated heterocycles. The molecule has 3 rings (SSSR count). The lowest BCUT2D eigenvalue weighted by Crippen LogP contribution is -2.29. The largest absolute Gasteiger partial charge is 0.320 e. The molecule has 2 aromatic carbocycles. The lowest BCUT2D eigenvalue weighted by Gasteiger charge is -2.16. The molecule has 164 valence electrons. The van der Waals surface area contributed by atoms with Gasteiger partial charge >= 0.3 is 0 Å². The number of para-hydroxylation sites is 1. The number of benzene rings is 2. The lowest BCUT2D eigenvalue weighted by molar-refractivity contribution is -0.116. The van der Waals surface area contributed by atoms with E-state index in [2.05, 4.69) is 5.32 Å². The number of aromatic nitrogens is 2. The van der Waals surface area contributed by atoms with Gasteiger partial charge in [0.15, 0.2) is 0 Å². The van der Waals surface area contributed by atoms with Crippen LogP contribution in [0.15, 0.2) is 70.4 Å². The molecule has 0 atom stereocenters. The van der Waals surface area contributed by atoms with Crippen LogP contribution >= 0.6 is 0 Å². The molecule has 9 heteroatoms. The number of hydrogen-bond acceptors (Lipinski definition) is 4. The van der Waals surface area contributed by atoms with Crippen molar-refractivity contribution < 1.29 is 13.2 Å². The van der Waals surface area contributed by atoms with Crippen LogP contribution in [0.3, 0.4) is 0 Å². The number of carbonyl (C=O) groups is 1. The Labute approximate surface area is 181 Å². The van der Waals surface area contributed by atoms with Crippen molar-refractivity contribution in [2.75, 3.05) is 18.9 Å². The Morgan fingerprint density at radius 1 is 1.03 bits per heavy atom. The fourth-order valence-corrected chi connectivity index (χ4v) is 4.50. The monoisotopic (exact) mass is 442 g/mol. The van der Waals surface area contributed by atoms with Crippen LogP contribution in [0.1, 0.15) is 18.5 Å². The molecule has 0 unspecified atom stereocenters. The van der Waals surface area contributed by atoms with Crippen LogP contribution in [0.5, 0.6) is 0 Å². The van der Waals surface area contributed by atoms with E-state index >= 15 is 0 Å². The molecule has 0 aliphatic rings. The smallest absolute Gasteiger partial charge is 0.295 e. The van der Waals surface area contributed by atoms with Crippen LogP contribution in [0.2, 0.25) is 0 Å². The summed E-state index contributed by atoms with van der Waals surface area (Å²) >= 11 is 0. The van der Waals surface area contributed by atoms with E-state index in [1.165, 1.54) is 28.2 Å². The highest BCUT2D eigenvalue weighted by Gasteiger charge is 2.21. The number of nitrogens with zero attached hydrogens (tertiary/aromatic N) is 3. The predicted molar refractivity (Wildman–Crippen MR) is 120 cm³/mol. The van der Waals surface area contributed by atoms with Crippen molar-refractivity contribution >= 4 is 21.6 Å². The number of rotatable bonds is 8. The molecule has 0 radical (unpaired) electrons. The number of amides is 1. The standard InChI is InChI=1S/C22H26N4O4S/c1-17-21(22(28)26(25(17)3)18-11-6-4-7-12-18)23-20(27)15-10-16-24(2)31(29,30)19-13-8-5-9-14-19/h4-9,11-14H,10,15-16H2,1-3H3,(H,23,27). The Kier molecular flexibility index (Phi) is 6.77. The summed E-state index contributed by atoms with van der Waals surface area (Å²) in [7, 11) is -0.358. The zero-order valence-corrected chi connectivity index (χ0v) is 18.6. The van der Waals surface area contributed by atoms with Crippen molar-refractivity contribution in [1.82, 2.24) is 13.7 Å². The second-order valence-corrected chi connectivity index (χ2v) is 9.27. The Bertz CT molecular complexity index is 1220. The van der Waals surface area contributed by atoms with Crippen molar-refractivity contribution in [3.8, 4) is 5.69 Å². The minimum absolute atomic E-state index is 0.0910. The fourth-order valence-electron chi connectivity index (χ4n) is 3.27. The molecule has 0 aliphatic heterocycles. The van der Waals surface area contributed by atoms with Crippen molar-refractivity contribution in [2.45, 2.75) is 24.7 Å². The number of hydrogen-bond donors (Lipinski definition) is 1. The van der Waals surface area contributed by atoms with Gasteiger partial charge in [0.25, 0.3) is 5.56 Å².